The zero-order valence-corrected chi connectivity index (χ0v) is 11.2. The number of imidazole rings is 1. The molecule has 2 rings (SSSR count). The fourth-order valence-electron chi connectivity index (χ4n) is 1.97. The minimum Gasteiger partial charge on any atom is -0.331 e. The molecular formula is C13H21N5. The van der Waals surface area contributed by atoms with Crippen LogP contribution < -0.4 is 5.32 Å². The minimum absolute atomic E-state index is 0.375. The van der Waals surface area contributed by atoms with Gasteiger partial charge in [0.15, 0.2) is 0 Å². The summed E-state index contributed by atoms with van der Waals surface area (Å²) in [6.07, 6.45) is 7.60. The number of hydrogen-bond donors (Lipinski definition) is 1. The molecule has 0 amide bonds. The lowest BCUT2D eigenvalue weighted by molar-refractivity contribution is 0.439. The lowest BCUT2D eigenvalue weighted by Crippen LogP contribution is -2.31. The molecule has 1 unspecified atom stereocenters. The first-order chi connectivity index (χ1) is 8.66. The first-order valence-corrected chi connectivity index (χ1v) is 6.38. The van der Waals surface area contributed by atoms with E-state index in [1.54, 1.807) is 6.20 Å². The molecular weight excluding hydrogens is 226 g/mol. The summed E-state index contributed by atoms with van der Waals surface area (Å²) in [6, 6.07) is 2.77. The largest absolute Gasteiger partial charge is 0.331 e. The quantitative estimate of drug-likeness (QED) is 0.847. The van der Waals surface area contributed by atoms with Crippen molar-refractivity contribution in [3.63, 3.8) is 0 Å². The Morgan fingerprint density at radius 2 is 2.17 bits per heavy atom. The third kappa shape index (κ3) is 3.20. The molecule has 0 aliphatic carbocycles. The van der Waals surface area contributed by atoms with Gasteiger partial charge in [0, 0.05) is 37.2 Å². The van der Waals surface area contributed by atoms with E-state index >= 15 is 0 Å². The molecule has 1 N–H and O–H groups in total. The highest BCUT2D eigenvalue weighted by Gasteiger charge is 2.07. The molecule has 0 bridgehead atoms. The van der Waals surface area contributed by atoms with Crippen LogP contribution in [0.15, 0.2) is 31.0 Å². The Balaban J connectivity index is 1.85. The second-order valence-electron chi connectivity index (χ2n) is 4.90. The molecule has 98 valence electrons. The van der Waals surface area contributed by atoms with Gasteiger partial charge in [0.1, 0.15) is 0 Å². The van der Waals surface area contributed by atoms with Gasteiger partial charge in [-0.15, -0.1) is 0 Å². The molecule has 0 radical (unpaired) electrons. The van der Waals surface area contributed by atoms with E-state index in [1.165, 1.54) is 5.69 Å². The van der Waals surface area contributed by atoms with Crippen molar-refractivity contribution >= 4 is 0 Å². The summed E-state index contributed by atoms with van der Waals surface area (Å²) < 4.78 is 4.13. The normalized spacial score (nSPS) is 13.1. The number of aromatic nitrogens is 4. The highest BCUT2D eigenvalue weighted by Crippen LogP contribution is 2.08. The number of nitrogens with zero attached hydrogens (tertiary/aromatic N) is 4. The number of rotatable bonds is 6. The van der Waals surface area contributed by atoms with Crippen LogP contribution in [-0.4, -0.2) is 25.4 Å². The Kier molecular flexibility index (Phi) is 4.15. The smallest absolute Gasteiger partial charge is 0.0951 e. The Morgan fingerprint density at radius 1 is 1.33 bits per heavy atom. The maximum atomic E-state index is 4.21. The zero-order chi connectivity index (χ0) is 13.0. The molecule has 1 atom stereocenters. The van der Waals surface area contributed by atoms with E-state index in [0.717, 1.165) is 13.1 Å². The fourth-order valence-corrected chi connectivity index (χ4v) is 1.97. The third-order valence-corrected chi connectivity index (χ3v) is 2.95. The molecule has 0 fully saturated rings. The Bertz CT molecular complexity index is 457. The van der Waals surface area contributed by atoms with E-state index in [2.05, 4.69) is 40.7 Å². The van der Waals surface area contributed by atoms with E-state index in [0.29, 0.717) is 12.1 Å². The molecule has 2 aromatic rings. The summed E-state index contributed by atoms with van der Waals surface area (Å²) in [4.78, 5) is 4.20. The van der Waals surface area contributed by atoms with E-state index in [4.69, 9.17) is 0 Å². The molecule has 2 heterocycles. The minimum atomic E-state index is 0.375. The number of hydrogen-bond acceptors (Lipinski definition) is 3. The van der Waals surface area contributed by atoms with E-state index in [9.17, 15) is 0 Å². The standard InChI is InChI=1S/C13H21N5/c1-11(2)18-10-14-7-13(18)8-15-12(3)9-17-6-4-5-16-17/h4-7,10-12,15H,8-9H2,1-3H3. The van der Waals surface area contributed by atoms with E-state index < -0.39 is 0 Å². The van der Waals surface area contributed by atoms with Crippen molar-refractivity contribution in [3.8, 4) is 0 Å². The van der Waals surface area contributed by atoms with Crippen molar-refractivity contribution in [1.29, 1.82) is 0 Å². The van der Waals surface area contributed by atoms with Crippen LogP contribution in [0.2, 0.25) is 0 Å². The predicted molar refractivity (Wildman–Crippen MR) is 71.1 cm³/mol. The molecule has 0 saturated carbocycles. The SMILES string of the molecule is CC(Cn1cccn1)NCc1cncn1C(C)C. The van der Waals surface area contributed by atoms with Crippen molar-refractivity contribution < 1.29 is 0 Å². The summed E-state index contributed by atoms with van der Waals surface area (Å²) in [6.45, 7) is 8.21. The molecule has 0 saturated heterocycles. The summed E-state index contributed by atoms with van der Waals surface area (Å²) in [7, 11) is 0. The fraction of sp³-hybridized carbons (Fsp3) is 0.538. The van der Waals surface area contributed by atoms with Gasteiger partial charge in [0.25, 0.3) is 0 Å². The molecule has 0 spiro atoms. The van der Waals surface area contributed by atoms with Gasteiger partial charge in [0.05, 0.1) is 18.6 Å². The summed E-state index contributed by atoms with van der Waals surface area (Å²) in [5.74, 6) is 0. The topological polar surface area (TPSA) is 47.7 Å². The molecule has 0 aromatic carbocycles. The van der Waals surface area contributed by atoms with Crippen LogP contribution in [0.25, 0.3) is 0 Å². The first-order valence-electron chi connectivity index (χ1n) is 6.38. The third-order valence-electron chi connectivity index (χ3n) is 2.95. The van der Waals surface area contributed by atoms with Crippen LogP contribution in [0.4, 0.5) is 0 Å². The molecule has 5 nitrogen and oxygen atoms in total. The molecule has 18 heavy (non-hydrogen) atoms. The van der Waals surface area contributed by atoms with Crippen molar-refractivity contribution in [2.75, 3.05) is 0 Å². The van der Waals surface area contributed by atoms with Gasteiger partial charge in [0.2, 0.25) is 0 Å². The van der Waals surface area contributed by atoms with Gasteiger partial charge in [-0.25, -0.2) is 4.98 Å². The van der Waals surface area contributed by atoms with Gasteiger partial charge >= 0.3 is 0 Å². The van der Waals surface area contributed by atoms with Gasteiger partial charge in [-0.2, -0.15) is 5.10 Å². The lowest BCUT2D eigenvalue weighted by atomic mass is 10.3. The highest BCUT2D eigenvalue weighted by atomic mass is 15.3. The summed E-state index contributed by atoms with van der Waals surface area (Å²) >= 11 is 0. The second-order valence-corrected chi connectivity index (χ2v) is 4.90. The molecule has 0 aliphatic rings. The predicted octanol–water partition coefficient (Wildman–Crippen LogP) is 1.84. The van der Waals surface area contributed by atoms with Crippen LogP contribution in [0.3, 0.4) is 0 Å². The van der Waals surface area contributed by atoms with E-state index in [1.807, 2.05) is 29.5 Å². The van der Waals surface area contributed by atoms with Crippen molar-refractivity contribution in [2.24, 2.45) is 0 Å². The van der Waals surface area contributed by atoms with Crippen molar-refractivity contribution in [2.45, 2.75) is 45.9 Å². The first kappa shape index (κ1) is 12.8. The molecule has 2 aromatic heterocycles. The lowest BCUT2D eigenvalue weighted by Gasteiger charge is -2.16. The average molecular weight is 247 g/mol. The number of nitrogens with one attached hydrogen (secondary N) is 1. The zero-order valence-electron chi connectivity index (χ0n) is 11.2. The summed E-state index contributed by atoms with van der Waals surface area (Å²) in [5.41, 5.74) is 1.22. The Labute approximate surface area is 108 Å². The molecule has 5 heteroatoms. The van der Waals surface area contributed by atoms with Crippen molar-refractivity contribution in [1.82, 2.24) is 24.6 Å². The van der Waals surface area contributed by atoms with E-state index in [-0.39, 0.29) is 0 Å². The van der Waals surface area contributed by atoms with Crippen molar-refractivity contribution in [3.05, 3.63) is 36.7 Å². The maximum Gasteiger partial charge on any atom is 0.0951 e. The highest BCUT2D eigenvalue weighted by molar-refractivity contribution is 4.99. The Hall–Kier alpha value is -1.62. The van der Waals surface area contributed by atoms with Crippen LogP contribution in [0, 0.1) is 0 Å². The van der Waals surface area contributed by atoms with Crippen LogP contribution >= 0.6 is 0 Å². The molecule has 0 aliphatic heterocycles. The van der Waals surface area contributed by atoms with Crippen LogP contribution in [0.5, 0.6) is 0 Å². The average Bonchev–Trinajstić information content (AvgIpc) is 2.96. The van der Waals surface area contributed by atoms with Crippen LogP contribution in [-0.2, 0) is 13.1 Å². The van der Waals surface area contributed by atoms with Gasteiger partial charge in [-0.3, -0.25) is 4.68 Å². The Morgan fingerprint density at radius 3 is 2.83 bits per heavy atom. The van der Waals surface area contributed by atoms with Gasteiger partial charge in [-0.1, -0.05) is 0 Å². The monoisotopic (exact) mass is 247 g/mol. The maximum absolute atomic E-state index is 4.21. The second kappa shape index (κ2) is 5.82. The van der Waals surface area contributed by atoms with Crippen LogP contribution in [0.1, 0.15) is 32.5 Å². The van der Waals surface area contributed by atoms with Gasteiger partial charge < -0.3 is 9.88 Å². The van der Waals surface area contributed by atoms with Gasteiger partial charge in [-0.05, 0) is 26.8 Å². The summed E-state index contributed by atoms with van der Waals surface area (Å²) in [5, 5.41) is 7.70.